The van der Waals surface area contributed by atoms with E-state index >= 15 is 0 Å². The second kappa shape index (κ2) is 3.52. The number of rotatable bonds is 4. The topological polar surface area (TPSA) is 78.1 Å². The first-order valence-electron chi connectivity index (χ1n) is 4.30. The molecule has 0 atom stereocenters. The normalized spacial score (nSPS) is 13.6. The fraction of sp³-hybridized carbons (Fsp3) is 1.00. The highest BCUT2D eigenvalue weighted by molar-refractivity contribution is 5.00. The molecule has 0 aromatic heterocycles. The zero-order chi connectivity index (χ0) is 9.12. The molecule has 0 rings (SSSR count). The van der Waals surface area contributed by atoms with Crippen molar-refractivity contribution in [3.8, 4) is 0 Å². The second-order valence-corrected chi connectivity index (χ2v) is 3.26. The van der Waals surface area contributed by atoms with E-state index < -0.39 is 11.2 Å². The van der Waals surface area contributed by atoms with Gasteiger partial charge in [-0.3, -0.25) is 0 Å². The smallest absolute Gasteiger partial charge is 0.0818 e. The van der Waals surface area contributed by atoms with Crippen molar-refractivity contribution in [3.05, 3.63) is 0 Å². The number of hydrogen-bond acceptors (Lipinski definition) is 3. The molecule has 0 bridgehead atoms. The molecule has 11 heavy (non-hydrogen) atoms. The SMILES string of the molecule is CCC(N)(N)C(N)(CC)CC. The lowest BCUT2D eigenvalue weighted by Crippen LogP contribution is -2.70. The van der Waals surface area contributed by atoms with Crippen molar-refractivity contribution < 1.29 is 0 Å². The third-order valence-electron chi connectivity index (χ3n) is 2.77. The quantitative estimate of drug-likeness (QED) is 0.523. The van der Waals surface area contributed by atoms with Crippen LogP contribution in [0.15, 0.2) is 0 Å². The molecule has 3 nitrogen and oxygen atoms in total. The Bertz CT molecular complexity index is 117. The lowest BCUT2D eigenvalue weighted by atomic mass is 9.79. The molecule has 0 fully saturated rings. The molecule has 0 aliphatic heterocycles. The molecule has 0 aromatic carbocycles. The molecule has 0 unspecified atom stereocenters. The Labute approximate surface area is 69.3 Å². The summed E-state index contributed by atoms with van der Waals surface area (Å²) in [6, 6.07) is 0. The standard InChI is InChI=1S/C8H21N3/c1-4-7(9,5-2)8(10,11)6-3/h4-6,9-11H2,1-3H3. The summed E-state index contributed by atoms with van der Waals surface area (Å²) in [6.45, 7) is 6.01. The Morgan fingerprint density at radius 1 is 0.818 bits per heavy atom. The van der Waals surface area contributed by atoms with Crippen LogP contribution in [-0.4, -0.2) is 11.2 Å². The van der Waals surface area contributed by atoms with E-state index in [9.17, 15) is 0 Å². The van der Waals surface area contributed by atoms with Crippen LogP contribution in [-0.2, 0) is 0 Å². The molecule has 6 N–H and O–H groups in total. The minimum Gasteiger partial charge on any atom is -0.322 e. The van der Waals surface area contributed by atoms with Crippen molar-refractivity contribution in [1.82, 2.24) is 0 Å². The van der Waals surface area contributed by atoms with Crippen molar-refractivity contribution in [1.29, 1.82) is 0 Å². The average molecular weight is 159 g/mol. The molecule has 0 spiro atoms. The van der Waals surface area contributed by atoms with Gasteiger partial charge in [0, 0.05) is 5.54 Å². The third-order valence-corrected chi connectivity index (χ3v) is 2.77. The van der Waals surface area contributed by atoms with Gasteiger partial charge in [-0.25, -0.2) is 0 Å². The Morgan fingerprint density at radius 2 is 1.18 bits per heavy atom. The van der Waals surface area contributed by atoms with E-state index in [2.05, 4.69) is 0 Å². The van der Waals surface area contributed by atoms with Crippen molar-refractivity contribution in [3.63, 3.8) is 0 Å². The van der Waals surface area contributed by atoms with Gasteiger partial charge in [0.2, 0.25) is 0 Å². The van der Waals surface area contributed by atoms with Crippen LogP contribution in [0.2, 0.25) is 0 Å². The lowest BCUT2D eigenvalue weighted by Gasteiger charge is -2.41. The maximum atomic E-state index is 6.03. The predicted molar refractivity (Wildman–Crippen MR) is 48.9 cm³/mol. The van der Waals surface area contributed by atoms with E-state index in [4.69, 9.17) is 17.2 Å². The molecule has 0 radical (unpaired) electrons. The third kappa shape index (κ3) is 1.92. The van der Waals surface area contributed by atoms with Crippen molar-refractivity contribution >= 4 is 0 Å². The lowest BCUT2D eigenvalue weighted by molar-refractivity contribution is 0.202. The fourth-order valence-corrected chi connectivity index (χ4v) is 1.26. The average Bonchev–Trinajstić information content (AvgIpc) is 2.02. The second-order valence-electron chi connectivity index (χ2n) is 3.26. The highest BCUT2D eigenvalue weighted by Crippen LogP contribution is 2.22. The zero-order valence-electron chi connectivity index (χ0n) is 7.85. The molecule has 0 heterocycles. The minimum absolute atomic E-state index is 0.415. The summed E-state index contributed by atoms with van der Waals surface area (Å²) in [5.74, 6) is 0. The van der Waals surface area contributed by atoms with E-state index in [-0.39, 0.29) is 0 Å². The van der Waals surface area contributed by atoms with Crippen LogP contribution in [0.5, 0.6) is 0 Å². The van der Waals surface area contributed by atoms with Gasteiger partial charge in [-0.05, 0) is 19.3 Å². The summed E-state index contributed by atoms with van der Waals surface area (Å²) in [5, 5.41) is 0. The van der Waals surface area contributed by atoms with Crippen molar-refractivity contribution in [2.45, 2.75) is 51.2 Å². The molecular weight excluding hydrogens is 138 g/mol. The maximum absolute atomic E-state index is 6.03. The summed E-state index contributed by atoms with van der Waals surface area (Å²) in [6.07, 6.45) is 2.36. The van der Waals surface area contributed by atoms with Crippen LogP contribution in [0.4, 0.5) is 0 Å². The molecule has 68 valence electrons. The van der Waals surface area contributed by atoms with Crippen LogP contribution in [0.25, 0.3) is 0 Å². The first-order chi connectivity index (χ1) is 4.93. The molecule has 0 aromatic rings. The van der Waals surface area contributed by atoms with E-state index in [1.165, 1.54) is 0 Å². The molecule has 0 saturated heterocycles. The minimum atomic E-state index is -0.726. The predicted octanol–water partition coefficient (Wildman–Crippen LogP) is 0.528. The van der Waals surface area contributed by atoms with E-state index in [0.717, 1.165) is 12.8 Å². The molecule has 0 saturated carbocycles. The Kier molecular flexibility index (Phi) is 3.48. The number of hydrogen-bond donors (Lipinski definition) is 3. The van der Waals surface area contributed by atoms with Gasteiger partial charge in [0.05, 0.1) is 5.66 Å². The van der Waals surface area contributed by atoms with Gasteiger partial charge in [0.25, 0.3) is 0 Å². The van der Waals surface area contributed by atoms with Gasteiger partial charge >= 0.3 is 0 Å². The summed E-state index contributed by atoms with van der Waals surface area (Å²) >= 11 is 0. The van der Waals surface area contributed by atoms with Crippen molar-refractivity contribution in [2.24, 2.45) is 17.2 Å². The summed E-state index contributed by atoms with van der Waals surface area (Å²) in [7, 11) is 0. The molecule has 0 aliphatic rings. The van der Waals surface area contributed by atoms with Crippen LogP contribution in [0, 0.1) is 0 Å². The van der Waals surface area contributed by atoms with Crippen LogP contribution in [0.3, 0.4) is 0 Å². The zero-order valence-corrected chi connectivity index (χ0v) is 7.85. The largest absolute Gasteiger partial charge is 0.322 e. The van der Waals surface area contributed by atoms with Crippen LogP contribution in [0.1, 0.15) is 40.0 Å². The van der Waals surface area contributed by atoms with Gasteiger partial charge in [0.15, 0.2) is 0 Å². The Morgan fingerprint density at radius 3 is 1.27 bits per heavy atom. The van der Waals surface area contributed by atoms with Crippen molar-refractivity contribution in [2.75, 3.05) is 0 Å². The van der Waals surface area contributed by atoms with E-state index in [1.54, 1.807) is 0 Å². The van der Waals surface area contributed by atoms with Gasteiger partial charge < -0.3 is 17.2 Å². The molecule has 0 amide bonds. The highest BCUT2D eigenvalue weighted by atomic mass is 15.1. The Hall–Kier alpha value is -0.120. The van der Waals surface area contributed by atoms with Gasteiger partial charge in [-0.1, -0.05) is 20.8 Å². The molecule has 3 heteroatoms. The summed E-state index contributed by atoms with van der Waals surface area (Å²) < 4.78 is 0. The fourth-order valence-electron chi connectivity index (χ4n) is 1.26. The van der Waals surface area contributed by atoms with Gasteiger partial charge in [-0.2, -0.15) is 0 Å². The monoisotopic (exact) mass is 159 g/mol. The maximum Gasteiger partial charge on any atom is 0.0818 e. The Balaban J connectivity index is 4.47. The first kappa shape index (κ1) is 10.9. The summed E-state index contributed by atoms with van der Waals surface area (Å²) in [5.41, 5.74) is 16.6. The molecule has 0 aliphatic carbocycles. The molecular formula is C8H21N3. The van der Waals surface area contributed by atoms with Crippen LogP contribution >= 0.6 is 0 Å². The number of nitrogens with two attached hydrogens (primary N) is 3. The van der Waals surface area contributed by atoms with E-state index in [0.29, 0.717) is 6.42 Å². The van der Waals surface area contributed by atoms with Gasteiger partial charge in [-0.15, -0.1) is 0 Å². The van der Waals surface area contributed by atoms with E-state index in [1.807, 2.05) is 20.8 Å². The van der Waals surface area contributed by atoms with Crippen LogP contribution < -0.4 is 17.2 Å². The van der Waals surface area contributed by atoms with Gasteiger partial charge in [0.1, 0.15) is 0 Å². The summed E-state index contributed by atoms with van der Waals surface area (Å²) in [4.78, 5) is 0. The first-order valence-corrected chi connectivity index (χ1v) is 4.30. The highest BCUT2D eigenvalue weighted by Gasteiger charge is 2.38.